The van der Waals surface area contributed by atoms with E-state index >= 15 is 0 Å². The highest BCUT2D eigenvalue weighted by Gasteiger charge is 2.47. The summed E-state index contributed by atoms with van der Waals surface area (Å²) in [4.78, 5) is 10.5. The van der Waals surface area contributed by atoms with Crippen LogP contribution in [0.25, 0.3) is 5.69 Å². The zero-order valence-electron chi connectivity index (χ0n) is 13.3. The smallest absolute Gasteiger partial charge is 0.309 e. The second-order valence-electron chi connectivity index (χ2n) is 5.02. The number of hydrogen-bond acceptors (Lipinski definition) is 5. The molecule has 27 heavy (non-hydrogen) atoms. The molecular weight excluding hydrogens is 432 g/mol. The maximum Gasteiger partial charge on any atom is 0.501 e. The van der Waals surface area contributed by atoms with Crippen LogP contribution in [0.4, 0.5) is 19.0 Å². The van der Waals surface area contributed by atoms with E-state index in [2.05, 4.69) is 10.4 Å². The van der Waals surface area contributed by atoms with Crippen molar-refractivity contribution in [3.63, 3.8) is 0 Å². The van der Waals surface area contributed by atoms with E-state index < -0.39 is 36.2 Å². The van der Waals surface area contributed by atoms with Gasteiger partial charge in [-0.25, -0.2) is 13.1 Å². The molecule has 1 aromatic heterocycles. The summed E-state index contributed by atoms with van der Waals surface area (Å²) in [6.07, 6.45) is 1.15. The van der Waals surface area contributed by atoms with Crippen LogP contribution in [-0.2, 0) is 14.6 Å². The Balaban J connectivity index is 2.68. The van der Waals surface area contributed by atoms with Crippen LogP contribution in [0.5, 0.6) is 0 Å². The molecule has 0 fully saturated rings. The second-order valence-corrected chi connectivity index (χ2v) is 7.77. The van der Waals surface area contributed by atoms with Gasteiger partial charge in [0, 0.05) is 6.42 Å². The summed E-state index contributed by atoms with van der Waals surface area (Å²) in [5.74, 6) is -0.587. The summed E-state index contributed by atoms with van der Waals surface area (Å²) in [6.45, 7) is 1.55. The van der Waals surface area contributed by atoms with Gasteiger partial charge in [0.25, 0.3) is 9.84 Å². The Morgan fingerprint density at radius 3 is 2.33 bits per heavy atom. The fraction of sp³-hybridized carbons (Fsp3) is 0.214. The number of rotatable bonds is 4. The molecule has 0 atom stereocenters. The molecule has 0 aliphatic heterocycles. The second kappa shape index (κ2) is 7.38. The normalized spacial score (nSPS) is 11.9. The molecule has 1 heterocycles. The van der Waals surface area contributed by atoms with E-state index in [1.165, 1.54) is 0 Å². The van der Waals surface area contributed by atoms with Crippen LogP contribution < -0.4 is 5.32 Å². The minimum absolute atomic E-state index is 0.0593. The summed E-state index contributed by atoms with van der Waals surface area (Å²) in [5.41, 5.74) is -5.80. The fourth-order valence-corrected chi connectivity index (χ4v) is 3.56. The molecule has 0 aliphatic carbocycles. The van der Waals surface area contributed by atoms with Crippen molar-refractivity contribution in [2.75, 3.05) is 5.32 Å². The number of anilines is 1. The van der Waals surface area contributed by atoms with Crippen LogP contribution in [-0.4, -0.2) is 29.6 Å². The van der Waals surface area contributed by atoms with Gasteiger partial charge in [0.15, 0.2) is 5.82 Å². The van der Waals surface area contributed by atoms with Gasteiger partial charge >= 0.3 is 5.51 Å². The largest absolute Gasteiger partial charge is 0.501 e. The molecule has 0 saturated carbocycles. The number of alkyl halides is 3. The van der Waals surface area contributed by atoms with Gasteiger partial charge in [-0.2, -0.15) is 23.5 Å². The first kappa shape index (κ1) is 21.0. The van der Waals surface area contributed by atoms with Crippen molar-refractivity contribution in [3.05, 3.63) is 33.9 Å². The number of nitriles is 1. The molecule has 1 amide bonds. The lowest BCUT2D eigenvalue weighted by Gasteiger charge is -2.14. The Morgan fingerprint density at radius 2 is 1.89 bits per heavy atom. The van der Waals surface area contributed by atoms with Gasteiger partial charge in [0.1, 0.15) is 17.3 Å². The number of amides is 1. The molecule has 7 nitrogen and oxygen atoms in total. The van der Waals surface area contributed by atoms with Crippen LogP contribution in [0.3, 0.4) is 0 Å². The van der Waals surface area contributed by atoms with Gasteiger partial charge in [-0.3, -0.25) is 4.79 Å². The Kier molecular flexibility index (Phi) is 5.74. The molecule has 144 valence electrons. The van der Waals surface area contributed by atoms with Crippen molar-refractivity contribution in [3.8, 4) is 11.8 Å². The third-order valence-electron chi connectivity index (χ3n) is 3.29. The van der Waals surface area contributed by atoms with Crippen LogP contribution in [0.1, 0.15) is 18.9 Å². The summed E-state index contributed by atoms with van der Waals surface area (Å²) < 4.78 is 62.2. The molecule has 0 aliphatic rings. The number of carbonyl (C=O) groups is 1. The first-order valence-electron chi connectivity index (χ1n) is 7.02. The zero-order valence-corrected chi connectivity index (χ0v) is 15.6. The van der Waals surface area contributed by atoms with Gasteiger partial charge in [0.2, 0.25) is 5.91 Å². The maximum atomic E-state index is 12.7. The van der Waals surface area contributed by atoms with Crippen molar-refractivity contribution in [2.24, 2.45) is 0 Å². The summed E-state index contributed by atoms with van der Waals surface area (Å²) in [5, 5.41) is 14.4. The minimum atomic E-state index is -5.67. The monoisotopic (exact) mass is 440 g/mol. The lowest BCUT2D eigenvalue weighted by Crippen LogP contribution is -2.23. The summed E-state index contributed by atoms with van der Waals surface area (Å²) in [6, 6.07) is 2.90. The molecule has 0 saturated heterocycles. The number of halogens is 5. The Morgan fingerprint density at radius 1 is 1.33 bits per heavy atom. The molecule has 0 unspecified atom stereocenters. The minimum Gasteiger partial charge on any atom is -0.309 e. The first-order chi connectivity index (χ1) is 12.4. The predicted octanol–water partition coefficient (Wildman–Crippen LogP) is 3.69. The van der Waals surface area contributed by atoms with E-state index in [1.54, 1.807) is 13.0 Å². The zero-order chi connectivity index (χ0) is 20.6. The predicted molar refractivity (Wildman–Crippen MR) is 90.5 cm³/mol. The number of aromatic nitrogens is 2. The highest BCUT2D eigenvalue weighted by Crippen LogP contribution is 2.38. The highest BCUT2D eigenvalue weighted by atomic mass is 35.5. The van der Waals surface area contributed by atoms with Gasteiger partial charge in [0.05, 0.1) is 21.1 Å². The average molecular weight is 441 g/mol. The molecule has 13 heteroatoms. The molecule has 2 rings (SSSR count). The maximum absolute atomic E-state index is 12.7. The summed E-state index contributed by atoms with van der Waals surface area (Å²) >= 11 is 11.9. The quantitative estimate of drug-likeness (QED) is 0.780. The van der Waals surface area contributed by atoms with Crippen LogP contribution in [0.2, 0.25) is 10.0 Å². The van der Waals surface area contributed by atoms with Crippen molar-refractivity contribution < 1.29 is 26.4 Å². The van der Waals surface area contributed by atoms with E-state index in [4.69, 9.17) is 28.5 Å². The number of sulfone groups is 1. The molecule has 0 bridgehead atoms. The van der Waals surface area contributed by atoms with E-state index in [0.717, 1.165) is 10.9 Å². The van der Waals surface area contributed by atoms with E-state index in [0.29, 0.717) is 12.1 Å². The number of nitrogens with zero attached hydrogens (tertiary/aromatic N) is 3. The fourth-order valence-electron chi connectivity index (χ4n) is 1.97. The lowest BCUT2D eigenvalue weighted by molar-refractivity contribution is -0.115. The number of hydrogen-bond donors (Lipinski definition) is 1. The third kappa shape index (κ3) is 3.87. The van der Waals surface area contributed by atoms with E-state index in [1.807, 2.05) is 0 Å². The summed E-state index contributed by atoms with van der Waals surface area (Å²) in [7, 11) is -5.67. The molecule has 0 radical (unpaired) electrons. The molecular formula is C14H9Cl2F3N4O3S. The standard InChI is InChI=1S/C14H9Cl2F3N4O3S/c1-2-11(24)22-13-7(5-20)6-21-23(13)12-9(15)3-8(4-10(12)16)27(25,26)14(17,18)19/h3-4,6H,2H2,1H3,(H,22,24). The Hall–Kier alpha value is -2.29. The molecule has 2 aromatic rings. The number of benzene rings is 1. The van der Waals surface area contributed by atoms with Gasteiger partial charge in [-0.1, -0.05) is 30.1 Å². The van der Waals surface area contributed by atoms with Crippen molar-refractivity contribution in [1.82, 2.24) is 9.78 Å². The van der Waals surface area contributed by atoms with Crippen LogP contribution in [0, 0.1) is 11.3 Å². The topological polar surface area (TPSA) is 105 Å². The van der Waals surface area contributed by atoms with Crippen molar-refractivity contribution >= 4 is 44.8 Å². The molecule has 0 spiro atoms. The number of nitrogens with one attached hydrogen (secondary N) is 1. The molecule has 1 N–H and O–H groups in total. The third-order valence-corrected chi connectivity index (χ3v) is 5.33. The van der Waals surface area contributed by atoms with Crippen LogP contribution in [0.15, 0.2) is 23.2 Å². The van der Waals surface area contributed by atoms with Gasteiger partial charge < -0.3 is 5.32 Å². The van der Waals surface area contributed by atoms with Crippen molar-refractivity contribution in [1.29, 1.82) is 5.26 Å². The van der Waals surface area contributed by atoms with Crippen molar-refractivity contribution in [2.45, 2.75) is 23.7 Å². The highest BCUT2D eigenvalue weighted by molar-refractivity contribution is 7.92. The number of carbonyl (C=O) groups excluding carboxylic acids is 1. The van der Waals surface area contributed by atoms with E-state index in [9.17, 15) is 26.4 Å². The average Bonchev–Trinajstić information content (AvgIpc) is 2.95. The van der Waals surface area contributed by atoms with Crippen LogP contribution >= 0.6 is 23.2 Å². The SMILES string of the molecule is CCC(=O)Nc1c(C#N)cnn1-c1c(Cl)cc(S(=O)(=O)C(F)(F)F)cc1Cl. The Bertz CT molecular complexity index is 1040. The Labute approximate surface area is 161 Å². The first-order valence-corrected chi connectivity index (χ1v) is 9.26. The van der Waals surface area contributed by atoms with E-state index in [-0.39, 0.29) is 23.5 Å². The lowest BCUT2D eigenvalue weighted by atomic mass is 10.3. The van der Waals surface area contributed by atoms with Gasteiger partial charge in [-0.15, -0.1) is 0 Å². The van der Waals surface area contributed by atoms with Gasteiger partial charge in [-0.05, 0) is 12.1 Å². The molecule has 1 aromatic carbocycles.